The number of nitro groups is 1. The highest BCUT2D eigenvalue weighted by atomic mass is 16.6. The van der Waals surface area contributed by atoms with Crippen LogP contribution in [0.3, 0.4) is 0 Å². The van der Waals surface area contributed by atoms with E-state index in [0.717, 1.165) is 5.69 Å². The fraction of sp³-hybridized carbons (Fsp3) is 0.294. The van der Waals surface area contributed by atoms with E-state index in [9.17, 15) is 14.9 Å². The molecule has 0 aliphatic carbocycles. The van der Waals surface area contributed by atoms with Crippen LogP contribution in [0.1, 0.15) is 30.6 Å². The van der Waals surface area contributed by atoms with Gasteiger partial charge < -0.3 is 4.57 Å². The van der Waals surface area contributed by atoms with E-state index in [-0.39, 0.29) is 17.6 Å². The maximum Gasteiger partial charge on any atom is 0.269 e. The molecule has 3 N–H and O–H groups in total. The lowest BCUT2D eigenvalue weighted by molar-refractivity contribution is -0.384. The van der Waals surface area contributed by atoms with Gasteiger partial charge in [-0.2, -0.15) is 5.10 Å². The molecule has 1 fully saturated rings. The van der Waals surface area contributed by atoms with Crippen molar-refractivity contribution >= 4 is 17.3 Å². The van der Waals surface area contributed by atoms with Crippen molar-refractivity contribution in [2.75, 3.05) is 0 Å². The maximum atomic E-state index is 12.3. The second-order valence-electron chi connectivity index (χ2n) is 6.15. The third kappa shape index (κ3) is 3.79. The van der Waals surface area contributed by atoms with Crippen molar-refractivity contribution < 1.29 is 9.72 Å². The number of nitro benzene ring substituents is 1. The van der Waals surface area contributed by atoms with Gasteiger partial charge in [-0.25, -0.2) is 16.3 Å². The first-order valence-corrected chi connectivity index (χ1v) is 8.17. The Morgan fingerprint density at radius 2 is 2.04 bits per heavy atom. The molecule has 26 heavy (non-hydrogen) atoms. The fourth-order valence-corrected chi connectivity index (χ4v) is 2.86. The van der Waals surface area contributed by atoms with E-state index in [2.05, 4.69) is 21.4 Å². The Bertz CT molecular complexity index is 842. The fourth-order valence-electron chi connectivity index (χ4n) is 2.86. The van der Waals surface area contributed by atoms with Crippen LogP contribution in [0.15, 0.2) is 47.7 Å². The summed E-state index contributed by atoms with van der Waals surface area (Å²) in [6, 6.07) is 9.63. The standard InChI is InChI=1S/C17H20N6O3/c1-11(12-5-7-13(8-6-12)23(25)26)18-21-17(24)15-10-14(19-20-15)16-4-3-9-22(16)2/h3-9,14-15,19-20H,10H2,1-2H3,(H,21,24)/b18-11-. The first-order valence-electron chi connectivity index (χ1n) is 8.17. The summed E-state index contributed by atoms with van der Waals surface area (Å²) < 4.78 is 2.01. The number of nitrogens with one attached hydrogen (secondary N) is 3. The summed E-state index contributed by atoms with van der Waals surface area (Å²) in [4.78, 5) is 22.5. The van der Waals surface area contributed by atoms with Crippen molar-refractivity contribution in [3.05, 3.63) is 64.0 Å². The molecular weight excluding hydrogens is 336 g/mol. The van der Waals surface area contributed by atoms with E-state index in [0.29, 0.717) is 17.7 Å². The van der Waals surface area contributed by atoms with Gasteiger partial charge in [-0.05, 0) is 43.2 Å². The highest BCUT2D eigenvalue weighted by molar-refractivity contribution is 5.99. The molecule has 2 unspecified atom stereocenters. The van der Waals surface area contributed by atoms with Gasteiger partial charge in [-0.3, -0.25) is 14.9 Å². The summed E-state index contributed by atoms with van der Waals surface area (Å²) in [7, 11) is 1.96. The van der Waals surface area contributed by atoms with Gasteiger partial charge in [0.2, 0.25) is 0 Å². The molecule has 0 spiro atoms. The van der Waals surface area contributed by atoms with Crippen LogP contribution in [0.4, 0.5) is 5.69 Å². The summed E-state index contributed by atoms with van der Waals surface area (Å²) in [5, 5.41) is 14.8. The van der Waals surface area contributed by atoms with Crippen molar-refractivity contribution in [1.29, 1.82) is 0 Å². The molecule has 3 rings (SSSR count). The van der Waals surface area contributed by atoms with Crippen LogP contribution in [-0.2, 0) is 11.8 Å². The third-order valence-electron chi connectivity index (χ3n) is 4.39. The number of aryl methyl sites for hydroxylation is 1. The van der Waals surface area contributed by atoms with Gasteiger partial charge in [0.25, 0.3) is 11.6 Å². The average Bonchev–Trinajstić information content (AvgIpc) is 3.28. The largest absolute Gasteiger partial charge is 0.353 e. The van der Waals surface area contributed by atoms with Crippen molar-refractivity contribution in [2.24, 2.45) is 12.1 Å². The maximum absolute atomic E-state index is 12.3. The minimum absolute atomic E-state index is 0.0125. The molecule has 1 amide bonds. The Morgan fingerprint density at radius 3 is 2.65 bits per heavy atom. The number of hydrazone groups is 1. The molecular formula is C17H20N6O3. The van der Waals surface area contributed by atoms with Crippen molar-refractivity contribution in [2.45, 2.75) is 25.4 Å². The van der Waals surface area contributed by atoms with Gasteiger partial charge in [0, 0.05) is 31.1 Å². The number of rotatable bonds is 5. The van der Waals surface area contributed by atoms with Crippen molar-refractivity contribution in [1.82, 2.24) is 20.8 Å². The molecule has 0 bridgehead atoms. The summed E-state index contributed by atoms with van der Waals surface area (Å²) in [5.74, 6) is -0.240. The Kier molecular flexibility index (Phi) is 5.10. The monoisotopic (exact) mass is 356 g/mol. The van der Waals surface area contributed by atoms with Gasteiger partial charge in [-0.15, -0.1) is 0 Å². The van der Waals surface area contributed by atoms with E-state index >= 15 is 0 Å². The SMILES string of the molecule is C/C(=N/NC(=O)C1CC(c2cccn2C)NN1)c1ccc([N+](=O)[O-])cc1. The Hall–Kier alpha value is -3.04. The molecule has 1 aliphatic rings. The molecule has 136 valence electrons. The number of carbonyl (C=O) groups excluding carboxylic acids is 1. The molecule has 1 aromatic carbocycles. The lowest BCUT2D eigenvalue weighted by atomic mass is 10.1. The number of benzene rings is 1. The van der Waals surface area contributed by atoms with Crippen LogP contribution in [0, 0.1) is 10.1 Å². The van der Waals surface area contributed by atoms with E-state index in [4.69, 9.17) is 0 Å². The van der Waals surface area contributed by atoms with Gasteiger partial charge >= 0.3 is 0 Å². The number of hydrogen-bond donors (Lipinski definition) is 3. The van der Waals surface area contributed by atoms with E-state index in [1.807, 2.05) is 29.9 Å². The van der Waals surface area contributed by atoms with Crippen molar-refractivity contribution in [3.63, 3.8) is 0 Å². The van der Waals surface area contributed by atoms with Gasteiger partial charge in [-0.1, -0.05) is 0 Å². The smallest absolute Gasteiger partial charge is 0.269 e. The second kappa shape index (κ2) is 7.46. The Balaban J connectivity index is 1.58. The molecule has 2 aromatic rings. The molecule has 1 aromatic heterocycles. The molecule has 2 heterocycles. The van der Waals surface area contributed by atoms with Gasteiger partial charge in [0.05, 0.1) is 16.7 Å². The quantitative estimate of drug-likeness (QED) is 0.425. The van der Waals surface area contributed by atoms with E-state index in [1.165, 1.54) is 12.1 Å². The van der Waals surface area contributed by atoms with Crippen LogP contribution in [0.2, 0.25) is 0 Å². The second-order valence-corrected chi connectivity index (χ2v) is 6.15. The topological polar surface area (TPSA) is 114 Å². The molecule has 9 nitrogen and oxygen atoms in total. The minimum Gasteiger partial charge on any atom is -0.353 e. The summed E-state index contributed by atoms with van der Waals surface area (Å²) >= 11 is 0. The highest BCUT2D eigenvalue weighted by Gasteiger charge is 2.31. The van der Waals surface area contributed by atoms with Crippen LogP contribution < -0.4 is 16.3 Å². The number of amides is 1. The molecule has 0 saturated carbocycles. The number of non-ortho nitro benzene ring substituents is 1. The minimum atomic E-state index is -0.458. The lowest BCUT2D eigenvalue weighted by Crippen LogP contribution is -2.41. The van der Waals surface area contributed by atoms with Crippen molar-refractivity contribution in [3.8, 4) is 0 Å². The number of aromatic nitrogens is 1. The highest BCUT2D eigenvalue weighted by Crippen LogP contribution is 2.22. The molecule has 2 atom stereocenters. The van der Waals surface area contributed by atoms with Crippen LogP contribution >= 0.6 is 0 Å². The number of carbonyl (C=O) groups is 1. The zero-order valence-electron chi connectivity index (χ0n) is 14.5. The van der Waals surface area contributed by atoms with Gasteiger partial charge in [0.15, 0.2) is 0 Å². The van der Waals surface area contributed by atoms with Crippen LogP contribution in [0.25, 0.3) is 0 Å². The first-order chi connectivity index (χ1) is 12.5. The summed E-state index contributed by atoms with van der Waals surface area (Å²) in [6.07, 6.45) is 2.57. The number of nitrogens with zero attached hydrogens (tertiary/aromatic N) is 3. The van der Waals surface area contributed by atoms with Gasteiger partial charge in [0.1, 0.15) is 6.04 Å². The third-order valence-corrected chi connectivity index (χ3v) is 4.39. The van der Waals surface area contributed by atoms with E-state index in [1.54, 1.807) is 19.1 Å². The van der Waals surface area contributed by atoms with Crippen LogP contribution in [-0.4, -0.2) is 27.2 Å². The van der Waals surface area contributed by atoms with Crippen LogP contribution in [0.5, 0.6) is 0 Å². The summed E-state index contributed by atoms with van der Waals surface area (Å²) in [6.45, 7) is 1.73. The molecule has 1 saturated heterocycles. The predicted molar refractivity (Wildman–Crippen MR) is 96.3 cm³/mol. The average molecular weight is 356 g/mol. The molecule has 9 heteroatoms. The van der Waals surface area contributed by atoms with E-state index < -0.39 is 11.0 Å². The Morgan fingerprint density at radius 1 is 1.31 bits per heavy atom. The zero-order valence-corrected chi connectivity index (χ0v) is 14.5. The lowest BCUT2D eigenvalue weighted by Gasteiger charge is -2.10. The molecule has 1 aliphatic heterocycles. The number of hydrazine groups is 1. The first kappa shape index (κ1) is 17.8. The Labute approximate surface area is 150 Å². The summed E-state index contributed by atoms with van der Waals surface area (Å²) in [5.41, 5.74) is 11.0. The zero-order chi connectivity index (χ0) is 18.7. The predicted octanol–water partition coefficient (Wildman–Crippen LogP) is 1.38. The molecule has 0 radical (unpaired) electrons. The number of hydrogen-bond acceptors (Lipinski definition) is 6. The normalized spacial score (nSPS) is 20.2.